The van der Waals surface area contributed by atoms with Gasteiger partial charge in [0, 0.05) is 17.6 Å². The molecule has 3 rings (SSSR count). The maximum Gasteiger partial charge on any atom is 0.264 e. The van der Waals surface area contributed by atoms with Crippen molar-refractivity contribution in [3.8, 4) is 5.75 Å². The third-order valence-corrected chi connectivity index (χ3v) is 8.68. The summed E-state index contributed by atoms with van der Waals surface area (Å²) in [7, 11) is -2.64. The van der Waals surface area contributed by atoms with Gasteiger partial charge in [0.1, 0.15) is 18.3 Å². The smallest absolute Gasteiger partial charge is 0.264 e. The van der Waals surface area contributed by atoms with Crippen molar-refractivity contribution in [3.05, 3.63) is 88.4 Å². The lowest BCUT2D eigenvalue weighted by Gasteiger charge is -2.32. The second kappa shape index (κ2) is 13.8. The molecule has 1 N–H and O–H groups in total. The molecular formula is C30H36BrN3O5S. The molecule has 0 saturated heterocycles. The summed E-state index contributed by atoms with van der Waals surface area (Å²) in [6.07, 6.45) is 0. The monoisotopic (exact) mass is 629 g/mol. The second-order valence-corrected chi connectivity index (χ2v) is 12.8. The number of aryl methyl sites for hydroxylation is 1. The summed E-state index contributed by atoms with van der Waals surface area (Å²) >= 11 is 3.42. The van der Waals surface area contributed by atoms with Gasteiger partial charge in [-0.25, -0.2) is 8.42 Å². The molecule has 3 aromatic carbocycles. The number of rotatable bonds is 12. The highest BCUT2D eigenvalue weighted by molar-refractivity contribution is 9.10. The van der Waals surface area contributed by atoms with E-state index in [0.29, 0.717) is 18.0 Å². The maximum atomic E-state index is 13.9. The van der Waals surface area contributed by atoms with Crippen molar-refractivity contribution in [2.45, 2.75) is 45.2 Å². The Hall–Kier alpha value is -3.37. The number of methoxy groups -OCH3 is 1. The zero-order valence-electron chi connectivity index (χ0n) is 23.4. The van der Waals surface area contributed by atoms with Crippen LogP contribution in [0.1, 0.15) is 31.9 Å². The molecule has 1 unspecified atom stereocenters. The number of amides is 2. The maximum absolute atomic E-state index is 13.9. The summed E-state index contributed by atoms with van der Waals surface area (Å²) in [5.74, 6) is -0.0656. The van der Waals surface area contributed by atoms with Gasteiger partial charge in [0.25, 0.3) is 10.0 Å². The summed E-state index contributed by atoms with van der Waals surface area (Å²) in [5, 5.41) is 2.89. The van der Waals surface area contributed by atoms with E-state index in [1.165, 1.54) is 24.1 Å². The van der Waals surface area contributed by atoms with Gasteiger partial charge in [0.15, 0.2) is 0 Å². The zero-order chi connectivity index (χ0) is 29.4. The molecule has 0 aliphatic carbocycles. The lowest BCUT2D eigenvalue weighted by molar-refractivity contribution is -0.139. The molecule has 0 heterocycles. The van der Waals surface area contributed by atoms with Crippen LogP contribution in [0, 0.1) is 12.8 Å². The van der Waals surface area contributed by atoms with Crippen molar-refractivity contribution < 1.29 is 22.7 Å². The Labute approximate surface area is 245 Å². The molecule has 214 valence electrons. The first-order valence-corrected chi connectivity index (χ1v) is 15.2. The molecule has 0 saturated carbocycles. The van der Waals surface area contributed by atoms with Crippen molar-refractivity contribution >= 4 is 43.5 Å². The fourth-order valence-corrected chi connectivity index (χ4v) is 5.61. The van der Waals surface area contributed by atoms with Crippen LogP contribution < -0.4 is 14.4 Å². The standard InChI is InChI=1S/C30H36BrN3O5S/c1-21(2)18-32-30(36)23(4)33(19-24-8-10-25(31)11-9-24)29(35)20-34(26-12-6-22(3)7-13-26)40(37,38)28-16-14-27(39-5)15-17-28/h6-17,21,23H,18-20H2,1-5H3,(H,32,36). The van der Waals surface area contributed by atoms with E-state index >= 15 is 0 Å². The number of sulfonamides is 1. The molecule has 0 radical (unpaired) electrons. The first kappa shape index (κ1) is 31.2. The Morgan fingerprint density at radius 1 is 0.925 bits per heavy atom. The van der Waals surface area contributed by atoms with Crippen LogP contribution in [-0.4, -0.2) is 51.4 Å². The minimum Gasteiger partial charge on any atom is -0.497 e. The zero-order valence-corrected chi connectivity index (χ0v) is 25.8. The summed E-state index contributed by atoms with van der Waals surface area (Å²) in [6.45, 7) is 7.63. The van der Waals surface area contributed by atoms with Crippen LogP contribution >= 0.6 is 15.9 Å². The molecule has 2 amide bonds. The number of anilines is 1. The number of hydrogen-bond acceptors (Lipinski definition) is 5. The van der Waals surface area contributed by atoms with Gasteiger partial charge in [0.2, 0.25) is 11.8 Å². The number of carbonyl (C=O) groups excluding carboxylic acids is 2. The van der Waals surface area contributed by atoms with E-state index < -0.39 is 28.5 Å². The molecule has 40 heavy (non-hydrogen) atoms. The number of halogens is 1. The molecule has 1 atom stereocenters. The van der Waals surface area contributed by atoms with Gasteiger partial charge in [-0.1, -0.05) is 59.6 Å². The van der Waals surface area contributed by atoms with Crippen LogP contribution in [0.5, 0.6) is 5.75 Å². The number of carbonyl (C=O) groups is 2. The highest BCUT2D eigenvalue weighted by atomic mass is 79.9. The molecule has 0 fully saturated rings. The van der Waals surface area contributed by atoms with Crippen LogP contribution in [0.15, 0.2) is 82.2 Å². The third-order valence-electron chi connectivity index (χ3n) is 6.37. The van der Waals surface area contributed by atoms with Gasteiger partial charge in [0.05, 0.1) is 17.7 Å². The Balaban J connectivity index is 2.00. The minimum absolute atomic E-state index is 0.0175. The molecule has 10 heteroatoms. The summed E-state index contributed by atoms with van der Waals surface area (Å²) in [4.78, 5) is 28.4. The highest BCUT2D eigenvalue weighted by Crippen LogP contribution is 2.26. The lowest BCUT2D eigenvalue weighted by atomic mass is 10.1. The van der Waals surface area contributed by atoms with Crippen LogP contribution in [0.4, 0.5) is 5.69 Å². The minimum atomic E-state index is -4.14. The lowest BCUT2D eigenvalue weighted by Crippen LogP contribution is -2.51. The van der Waals surface area contributed by atoms with Gasteiger partial charge in [-0.3, -0.25) is 13.9 Å². The fourth-order valence-electron chi connectivity index (χ4n) is 3.94. The number of benzene rings is 3. The SMILES string of the molecule is COc1ccc(S(=O)(=O)N(CC(=O)N(Cc2ccc(Br)cc2)C(C)C(=O)NCC(C)C)c2ccc(C)cc2)cc1. The molecule has 0 aliphatic rings. The normalized spacial score (nSPS) is 12.1. The number of nitrogens with zero attached hydrogens (tertiary/aromatic N) is 2. The molecule has 0 bridgehead atoms. The first-order valence-electron chi connectivity index (χ1n) is 13.0. The van der Waals surface area contributed by atoms with Crippen LogP contribution in [0.2, 0.25) is 0 Å². The quantitative estimate of drug-likeness (QED) is 0.299. The average Bonchev–Trinajstić information content (AvgIpc) is 2.94. The topological polar surface area (TPSA) is 96.0 Å². The molecule has 0 aromatic heterocycles. The van der Waals surface area contributed by atoms with E-state index in [1.807, 2.05) is 45.0 Å². The summed E-state index contributed by atoms with van der Waals surface area (Å²) in [5.41, 5.74) is 2.10. The Bertz CT molecular complexity index is 1390. The average molecular weight is 631 g/mol. The van der Waals surface area contributed by atoms with Crippen molar-refractivity contribution in [2.24, 2.45) is 5.92 Å². The first-order chi connectivity index (χ1) is 18.9. The van der Waals surface area contributed by atoms with Gasteiger partial charge in [-0.05, 0) is 73.9 Å². The number of hydrogen-bond donors (Lipinski definition) is 1. The van der Waals surface area contributed by atoms with Crippen molar-refractivity contribution in [1.29, 1.82) is 0 Å². The van der Waals surface area contributed by atoms with Gasteiger partial charge >= 0.3 is 0 Å². The van der Waals surface area contributed by atoms with Crippen molar-refractivity contribution in [1.82, 2.24) is 10.2 Å². The van der Waals surface area contributed by atoms with Crippen LogP contribution in [0.3, 0.4) is 0 Å². The Morgan fingerprint density at radius 3 is 2.08 bits per heavy atom. The van der Waals surface area contributed by atoms with Gasteiger partial charge < -0.3 is 15.0 Å². The van der Waals surface area contributed by atoms with Gasteiger partial charge in [-0.15, -0.1) is 0 Å². The highest BCUT2D eigenvalue weighted by Gasteiger charge is 2.32. The largest absolute Gasteiger partial charge is 0.497 e. The second-order valence-electron chi connectivity index (χ2n) is 9.99. The Morgan fingerprint density at radius 2 is 1.52 bits per heavy atom. The molecule has 8 nitrogen and oxygen atoms in total. The van der Waals surface area contributed by atoms with Crippen LogP contribution in [0.25, 0.3) is 0 Å². The summed E-state index contributed by atoms with van der Waals surface area (Å²) in [6, 6.07) is 19.5. The molecule has 0 spiro atoms. The van der Waals surface area contributed by atoms with E-state index in [9.17, 15) is 18.0 Å². The Kier molecular flexibility index (Phi) is 10.8. The van der Waals surface area contributed by atoms with E-state index in [2.05, 4.69) is 21.2 Å². The predicted molar refractivity (Wildman–Crippen MR) is 161 cm³/mol. The van der Waals surface area contributed by atoms with Crippen molar-refractivity contribution in [2.75, 3.05) is 24.5 Å². The van der Waals surface area contributed by atoms with E-state index in [1.54, 1.807) is 43.3 Å². The summed E-state index contributed by atoms with van der Waals surface area (Å²) < 4.78 is 34.9. The van der Waals surface area contributed by atoms with E-state index in [4.69, 9.17) is 4.74 Å². The number of ether oxygens (including phenoxy) is 1. The number of nitrogens with one attached hydrogen (secondary N) is 1. The third kappa shape index (κ3) is 8.08. The van der Waals surface area contributed by atoms with Crippen molar-refractivity contribution in [3.63, 3.8) is 0 Å². The molecule has 0 aliphatic heterocycles. The molecule has 3 aromatic rings. The fraction of sp³-hybridized carbons (Fsp3) is 0.333. The van der Waals surface area contributed by atoms with E-state index in [0.717, 1.165) is 19.9 Å². The predicted octanol–water partition coefficient (Wildman–Crippen LogP) is 5.15. The van der Waals surface area contributed by atoms with Gasteiger partial charge in [-0.2, -0.15) is 0 Å². The van der Waals surface area contributed by atoms with E-state index in [-0.39, 0.29) is 23.3 Å². The molecular weight excluding hydrogens is 594 g/mol. The van der Waals surface area contributed by atoms with Crippen LogP contribution in [-0.2, 0) is 26.2 Å².